The van der Waals surface area contributed by atoms with Crippen molar-refractivity contribution in [3.05, 3.63) is 39.4 Å². The lowest BCUT2D eigenvalue weighted by atomic mass is 10.1. The Balaban J connectivity index is 1.97. The molecule has 0 aliphatic carbocycles. The van der Waals surface area contributed by atoms with Crippen molar-refractivity contribution in [2.24, 2.45) is 0 Å². The largest absolute Gasteiger partial charge is 0.350 e. The lowest BCUT2D eigenvalue weighted by molar-refractivity contribution is -0.385. The molecule has 114 valence electrons. The summed E-state index contributed by atoms with van der Waals surface area (Å²) in [6, 6.07) is 4.86. The monoisotopic (exact) mass is 291 g/mol. The van der Waals surface area contributed by atoms with Gasteiger partial charge in [-0.2, -0.15) is 0 Å². The molecule has 21 heavy (non-hydrogen) atoms. The summed E-state index contributed by atoms with van der Waals surface area (Å²) in [5, 5.41) is 13.7. The molecule has 1 aromatic carbocycles. The normalized spacial score (nSPS) is 18.7. The molecule has 1 saturated heterocycles. The van der Waals surface area contributed by atoms with Gasteiger partial charge < -0.3 is 5.32 Å². The first-order chi connectivity index (χ1) is 10.0. The summed E-state index contributed by atoms with van der Waals surface area (Å²) >= 11 is 0. The third kappa shape index (κ3) is 3.58. The van der Waals surface area contributed by atoms with Gasteiger partial charge in [-0.3, -0.25) is 19.8 Å². The number of carbonyl (C=O) groups is 1. The smallest absolute Gasteiger partial charge is 0.272 e. The van der Waals surface area contributed by atoms with Gasteiger partial charge in [0, 0.05) is 29.8 Å². The molecule has 1 amide bonds. The van der Waals surface area contributed by atoms with E-state index in [4.69, 9.17) is 0 Å². The summed E-state index contributed by atoms with van der Waals surface area (Å²) in [6.45, 7) is 6.48. The number of nitrogens with one attached hydrogen (secondary N) is 1. The second-order valence-corrected chi connectivity index (χ2v) is 5.39. The third-order valence-corrected chi connectivity index (χ3v) is 4.06. The van der Waals surface area contributed by atoms with E-state index >= 15 is 0 Å². The molecule has 2 rings (SSSR count). The number of nitrogens with zero attached hydrogens (tertiary/aromatic N) is 2. The Morgan fingerprint density at radius 1 is 1.52 bits per heavy atom. The van der Waals surface area contributed by atoms with Gasteiger partial charge in [0.2, 0.25) is 0 Å². The Morgan fingerprint density at radius 2 is 2.29 bits per heavy atom. The van der Waals surface area contributed by atoms with Gasteiger partial charge in [0.1, 0.15) is 0 Å². The number of amides is 1. The van der Waals surface area contributed by atoms with Gasteiger partial charge in [-0.15, -0.1) is 0 Å². The van der Waals surface area contributed by atoms with Crippen LogP contribution in [0.25, 0.3) is 0 Å². The predicted octanol–water partition coefficient (Wildman–Crippen LogP) is 2.12. The molecule has 1 fully saturated rings. The quantitative estimate of drug-likeness (QED) is 0.666. The number of aryl methyl sites for hydroxylation is 1. The molecule has 0 saturated carbocycles. The lowest BCUT2D eigenvalue weighted by Gasteiger charge is -2.22. The molecule has 6 nitrogen and oxygen atoms in total. The Bertz CT molecular complexity index is 545. The Hall–Kier alpha value is -1.95. The van der Waals surface area contributed by atoms with Crippen LogP contribution in [0.4, 0.5) is 5.69 Å². The fourth-order valence-electron chi connectivity index (χ4n) is 2.86. The molecular weight excluding hydrogens is 270 g/mol. The summed E-state index contributed by atoms with van der Waals surface area (Å²) in [6.07, 6.45) is 2.28. The number of hydrogen-bond donors (Lipinski definition) is 1. The zero-order chi connectivity index (χ0) is 15.4. The van der Waals surface area contributed by atoms with Crippen LogP contribution in [0.1, 0.15) is 35.7 Å². The van der Waals surface area contributed by atoms with Crippen molar-refractivity contribution in [3.8, 4) is 0 Å². The second kappa shape index (κ2) is 6.67. The molecule has 1 aromatic rings. The van der Waals surface area contributed by atoms with Crippen LogP contribution in [0.3, 0.4) is 0 Å². The highest BCUT2D eigenvalue weighted by atomic mass is 16.6. The van der Waals surface area contributed by atoms with Crippen molar-refractivity contribution in [2.75, 3.05) is 19.6 Å². The fourth-order valence-corrected chi connectivity index (χ4v) is 2.86. The van der Waals surface area contributed by atoms with Crippen LogP contribution < -0.4 is 5.32 Å². The lowest BCUT2D eigenvalue weighted by Crippen LogP contribution is -2.40. The van der Waals surface area contributed by atoms with E-state index in [-0.39, 0.29) is 11.6 Å². The summed E-state index contributed by atoms with van der Waals surface area (Å²) in [5.74, 6) is -0.170. The molecule has 1 aliphatic heterocycles. The molecule has 0 spiro atoms. The van der Waals surface area contributed by atoms with E-state index in [1.54, 1.807) is 13.0 Å². The first-order valence-electron chi connectivity index (χ1n) is 7.30. The van der Waals surface area contributed by atoms with E-state index < -0.39 is 4.92 Å². The van der Waals surface area contributed by atoms with Crippen molar-refractivity contribution in [1.29, 1.82) is 0 Å². The van der Waals surface area contributed by atoms with Crippen LogP contribution in [0.5, 0.6) is 0 Å². The number of rotatable bonds is 5. The van der Waals surface area contributed by atoms with E-state index in [1.807, 2.05) is 0 Å². The molecule has 1 atom stereocenters. The van der Waals surface area contributed by atoms with E-state index in [1.165, 1.54) is 18.6 Å². The fraction of sp³-hybridized carbons (Fsp3) is 0.533. The first kappa shape index (κ1) is 15.4. The van der Waals surface area contributed by atoms with Crippen molar-refractivity contribution in [2.45, 2.75) is 32.7 Å². The number of likely N-dealkylation sites (tertiary alicyclic amines) is 1. The van der Waals surface area contributed by atoms with Gasteiger partial charge in [-0.05, 0) is 45.0 Å². The predicted molar refractivity (Wildman–Crippen MR) is 80.4 cm³/mol. The van der Waals surface area contributed by atoms with Gasteiger partial charge in [0.15, 0.2) is 0 Å². The Labute approximate surface area is 124 Å². The van der Waals surface area contributed by atoms with Crippen LogP contribution >= 0.6 is 0 Å². The van der Waals surface area contributed by atoms with Crippen LogP contribution in [0.2, 0.25) is 0 Å². The van der Waals surface area contributed by atoms with Gasteiger partial charge in [-0.1, -0.05) is 6.92 Å². The van der Waals surface area contributed by atoms with Crippen molar-refractivity contribution < 1.29 is 9.72 Å². The molecule has 1 aliphatic rings. The van der Waals surface area contributed by atoms with Crippen molar-refractivity contribution in [1.82, 2.24) is 10.2 Å². The molecular formula is C15H21N3O3. The number of hydrogen-bond acceptors (Lipinski definition) is 4. The van der Waals surface area contributed by atoms with E-state index in [0.717, 1.165) is 19.5 Å². The van der Waals surface area contributed by atoms with Crippen LogP contribution in [-0.2, 0) is 0 Å². The highest BCUT2D eigenvalue weighted by Crippen LogP contribution is 2.19. The first-order valence-corrected chi connectivity index (χ1v) is 7.30. The number of carbonyl (C=O) groups excluding carboxylic acids is 1. The maximum absolute atomic E-state index is 12.1. The minimum atomic E-state index is -0.436. The molecule has 0 aromatic heterocycles. The Kier molecular flexibility index (Phi) is 4.90. The average molecular weight is 291 g/mol. The molecule has 1 N–H and O–H groups in total. The number of benzene rings is 1. The minimum Gasteiger partial charge on any atom is -0.350 e. The van der Waals surface area contributed by atoms with Crippen LogP contribution in [0.15, 0.2) is 18.2 Å². The van der Waals surface area contributed by atoms with Gasteiger partial charge >= 0.3 is 0 Å². The topological polar surface area (TPSA) is 75.5 Å². The van der Waals surface area contributed by atoms with Crippen LogP contribution in [0, 0.1) is 17.0 Å². The number of nitro benzene ring substituents is 1. The SMILES string of the molecule is CCN1CCCC1CNC(=O)c1ccc([N+](=O)[O-])c(C)c1. The van der Waals surface area contributed by atoms with Crippen molar-refractivity contribution >= 4 is 11.6 Å². The summed E-state index contributed by atoms with van der Waals surface area (Å²) in [5.41, 5.74) is 1.02. The highest BCUT2D eigenvalue weighted by molar-refractivity contribution is 5.94. The van der Waals surface area contributed by atoms with Crippen LogP contribution in [-0.4, -0.2) is 41.4 Å². The van der Waals surface area contributed by atoms with Gasteiger partial charge in [0.05, 0.1) is 4.92 Å². The van der Waals surface area contributed by atoms with Gasteiger partial charge in [0.25, 0.3) is 11.6 Å². The molecule has 1 heterocycles. The van der Waals surface area contributed by atoms with Gasteiger partial charge in [-0.25, -0.2) is 0 Å². The minimum absolute atomic E-state index is 0.0412. The standard InChI is InChI=1S/C15H21N3O3/c1-3-17-8-4-5-13(17)10-16-15(19)12-6-7-14(18(20)21)11(2)9-12/h6-7,9,13H,3-5,8,10H2,1-2H3,(H,16,19). The number of nitro groups is 1. The zero-order valence-electron chi connectivity index (χ0n) is 12.5. The molecule has 0 radical (unpaired) electrons. The maximum atomic E-state index is 12.1. The van der Waals surface area contributed by atoms with E-state index in [2.05, 4.69) is 17.1 Å². The molecule has 1 unspecified atom stereocenters. The van der Waals surface area contributed by atoms with E-state index in [0.29, 0.717) is 23.7 Å². The summed E-state index contributed by atoms with van der Waals surface area (Å²) < 4.78 is 0. The van der Waals surface area contributed by atoms with E-state index in [9.17, 15) is 14.9 Å². The number of likely N-dealkylation sites (N-methyl/N-ethyl adjacent to an activating group) is 1. The third-order valence-electron chi connectivity index (χ3n) is 4.06. The molecule has 0 bridgehead atoms. The maximum Gasteiger partial charge on any atom is 0.272 e. The summed E-state index contributed by atoms with van der Waals surface area (Å²) in [4.78, 5) is 24.8. The van der Waals surface area contributed by atoms with Crippen molar-refractivity contribution in [3.63, 3.8) is 0 Å². The Morgan fingerprint density at radius 3 is 2.90 bits per heavy atom. The zero-order valence-corrected chi connectivity index (χ0v) is 12.5. The highest BCUT2D eigenvalue weighted by Gasteiger charge is 2.23. The second-order valence-electron chi connectivity index (χ2n) is 5.39. The molecule has 6 heteroatoms. The average Bonchev–Trinajstić information content (AvgIpc) is 2.91. The summed E-state index contributed by atoms with van der Waals surface area (Å²) in [7, 11) is 0.